The molecule has 3 rings (SSSR count). The van der Waals surface area contributed by atoms with Gasteiger partial charge in [0.05, 0.1) is 11.9 Å². The van der Waals surface area contributed by atoms with Crippen LogP contribution in [0.15, 0.2) is 41.3 Å². The van der Waals surface area contributed by atoms with Crippen molar-refractivity contribution in [3.05, 3.63) is 46.9 Å². The predicted molar refractivity (Wildman–Crippen MR) is 96.8 cm³/mol. The highest BCUT2D eigenvalue weighted by molar-refractivity contribution is 5.76. The molecule has 0 aliphatic rings. The van der Waals surface area contributed by atoms with E-state index in [0.29, 0.717) is 22.9 Å². The maximum absolute atomic E-state index is 12.4. The number of benzene rings is 1. The number of fused-ring (bicyclic) bond motifs is 1. The molecule has 0 aliphatic carbocycles. The van der Waals surface area contributed by atoms with Gasteiger partial charge in [0, 0.05) is 13.1 Å². The van der Waals surface area contributed by atoms with Crippen molar-refractivity contribution in [2.45, 2.75) is 27.2 Å². The summed E-state index contributed by atoms with van der Waals surface area (Å²) in [6, 6.07) is 9.74. The van der Waals surface area contributed by atoms with Crippen molar-refractivity contribution in [3.8, 4) is 5.69 Å². The van der Waals surface area contributed by atoms with E-state index in [9.17, 15) is 4.79 Å². The Labute approximate surface area is 141 Å². The Kier molecular flexibility index (Phi) is 4.64. The number of aromatic amines is 1. The van der Waals surface area contributed by atoms with E-state index < -0.39 is 0 Å². The first-order valence-electron chi connectivity index (χ1n) is 8.42. The Hall–Kier alpha value is -2.63. The smallest absolute Gasteiger partial charge is 0.263 e. The van der Waals surface area contributed by atoms with E-state index in [0.717, 1.165) is 25.2 Å². The summed E-state index contributed by atoms with van der Waals surface area (Å²) in [5.41, 5.74) is 1.32. The first-order chi connectivity index (χ1) is 11.6. The van der Waals surface area contributed by atoms with Gasteiger partial charge in [-0.25, -0.2) is 4.68 Å². The van der Waals surface area contributed by atoms with Gasteiger partial charge in [0.1, 0.15) is 5.39 Å². The highest BCUT2D eigenvalue weighted by Gasteiger charge is 2.15. The molecule has 2 aromatic heterocycles. The molecular weight excluding hydrogens is 302 g/mol. The number of para-hydroxylation sites is 1. The summed E-state index contributed by atoms with van der Waals surface area (Å²) in [4.78, 5) is 22.2. The van der Waals surface area contributed by atoms with Gasteiger partial charge in [-0.2, -0.15) is 10.1 Å². The van der Waals surface area contributed by atoms with E-state index in [4.69, 9.17) is 4.98 Å². The van der Waals surface area contributed by atoms with E-state index in [2.05, 4.69) is 35.8 Å². The van der Waals surface area contributed by atoms with Gasteiger partial charge in [-0.15, -0.1) is 0 Å². The average Bonchev–Trinajstić information content (AvgIpc) is 3.04. The third-order valence-corrected chi connectivity index (χ3v) is 4.34. The standard InChI is InChI=1S/C18H23N5O/c1-4-13(3)12-22(5-2)18-20-16-15(17(24)21-18)11-19-23(16)14-9-7-6-8-10-14/h6-11,13H,4-5,12H2,1-3H3,(H,20,21,24). The first-order valence-corrected chi connectivity index (χ1v) is 8.42. The van der Waals surface area contributed by atoms with Crippen LogP contribution in [0.5, 0.6) is 0 Å². The normalized spacial score (nSPS) is 12.5. The number of hydrogen-bond donors (Lipinski definition) is 1. The maximum Gasteiger partial charge on any atom is 0.263 e. The second kappa shape index (κ2) is 6.86. The lowest BCUT2D eigenvalue weighted by molar-refractivity contribution is 0.542. The number of nitrogens with zero attached hydrogens (tertiary/aromatic N) is 4. The Morgan fingerprint density at radius 2 is 2.00 bits per heavy atom. The monoisotopic (exact) mass is 325 g/mol. The second-order valence-corrected chi connectivity index (χ2v) is 6.07. The molecule has 0 aliphatic heterocycles. The van der Waals surface area contributed by atoms with Gasteiger partial charge in [-0.1, -0.05) is 38.5 Å². The molecule has 0 saturated heterocycles. The molecule has 6 heteroatoms. The van der Waals surface area contributed by atoms with Crippen LogP contribution >= 0.6 is 0 Å². The number of rotatable bonds is 6. The lowest BCUT2D eigenvalue weighted by Crippen LogP contribution is -2.31. The number of aromatic nitrogens is 4. The SMILES string of the molecule is CCC(C)CN(CC)c1nc2c(cnn2-c2ccccc2)c(=O)[nH]1. The Bertz CT molecular complexity index is 868. The van der Waals surface area contributed by atoms with Crippen LogP contribution in [0, 0.1) is 5.92 Å². The van der Waals surface area contributed by atoms with Crippen LogP contribution in [-0.4, -0.2) is 32.8 Å². The number of H-pyrrole nitrogens is 1. The Morgan fingerprint density at radius 3 is 2.67 bits per heavy atom. The molecular formula is C18H23N5O. The van der Waals surface area contributed by atoms with Gasteiger partial charge in [0.15, 0.2) is 5.65 Å². The zero-order valence-electron chi connectivity index (χ0n) is 14.4. The molecule has 0 bridgehead atoms. The fourth-order valence-corrected chi connectivity index (χ4v) is 2.69. The van der Waals surface area contributed by atoms with Gasteiger partial charge in [-0.3, -0.25) is 9.78 Å². The van der Waals surface area contributed by atoms with Crippen LogP contribution in [0.3, 0.4) is 0 Å². The average molecular weight is 325 g/mol. The van der Waals surface area contributed by atoms with Crippen LogP contribution in [0.2, 0.25) is 0 Å². The molecule has 0 saturated carbocycles. The predicted octanol–water partition coefficient (Wildman–Crippen LogP) is 2.98. The topological polar surface area (TPSA) is 66.8 Å². The van der Waals surface area contributed by atoms with Gasteiger partial charge in [0.25, 0.3) is 5.56 Å². The van der Waals surface area contributed by atoms with Crippen LogP contribution < -0.4 is 10.5 Å². The van der Waals surface area contributed by atoms with E-state index in [1.54, 1.807) is 10.9 Å². The molecule has 1 N–H and O–H groups in total. The lowest BCUT2D eigenvalue weighted by atomic mass is 10.1. The van der Waals surface area contributed by atoms with Crippen LogP contribution in [0.25, 0.3) is 16.7 Å². The fourth-order valence-electron chi connectivity index (χ4n) is 2.69. The van der Waals surface area contributed by atoms with Crippen LogP contribution in [-0.2, 0) is 0 Å². The van der Waals surface area contributed by atoms with Crippen molar-refractivity contribution in [2.75, 3.05) is 18.0 Å². The molecule has 0 fully saturated rings. The van der Waals surface area contributed by atoms with Crippen LogP contribution in [0.4, 0.5) is 5.95 Å². The van der Waals surface area contributed by atoms with Gasteiger partial charge >= 0.3 is 0 Å². The maximum atomic E-state index is 12.4. The fraction of sp³-hybridized carbons (Fsp3) is 0.389. The molecule has 1 aromatic carbocycles. The van der Waals surface area contributed by atoms with E-state index in [1.807, 2.05) is 30.3 Å². The van der Waals surface area contributed by atoms with Crippen molar-refractivity contribution < 1.29 is 0 Å². The Morgan fingerprint density at radius 1 is 1.25 bits per heavy atom. The second-order valence-electron chi connectivity index (χ2n) is 6.07. The van der Waals surface area contributed by atoms with Crippen molar-refractivity contribution in [2.24, 2.45) is 5.92 Å². The van der Waals surface area contributed by atoms with Crippen molar-refractivity contribution in [1.82, 2.24) is 19.7 Å². The molecule has 2 heterocycles. The zero-order valence-corrected chi connectivity index (χ0v) is 14.4. The third-order valence-electron chi connectivity index (χ3n) is 4.34. The molecule has 1 atom stereocenters. The van der Waals surface area contributed by atoms with Crippen molar-refractivity contribution in [1.29, 1.82) is 0 Å². The number of anilines is 1. The summed E-state index contributed by atoms with van der Waals surface area (Å²) in [6.45, 7) is 8.09. The molecule has 3 aromatic rings. The molecule has 24 heavy (non-hydrogen) atoms. The summed E-state index contributed by atoms with van der Waals surface area (Å²) < 4.78 is 1.71. The van der Waals surface area contributed by atoms with E-state index in [-0.39, 0.29) is 5.56 Å². The minimum absolute atomic E-state index is 0.153. The van der Waals surface area contributed by atoms with Crippen LogP contribution in [0.1, 0.15) is 27.2 Å². The largest absolute Gasteiger partial charge is 0.342 e. The van der Waals surface area contributed by atoms with Crippen molar-refractivity contribution in [3.63, 3.8) is 0 Å². The highest BCUT2D eigenvalue weighted by Crippen LogP contribution is 2.17. The molecule has 126 valence electrons. The van der Waals surface area contributed by atoms with Crippen molar-refractivity contribution >= 4 is 17.0 Å². The molecule has 0 amide bonds. The third kappa shape index (κ3) is 3.04. The molecule has 6 nitrogen and oxygen atoms in total. The molecule has 1 unspecified atom stereocenters. The summed E-state index contributed by atoms with van der Waals surface area (Å²) in [7, 11) is 0. The van der Waals surface area contributed by atoms with Gasteiger partial charge < -0.3 is 4.90 Å². The lowest BCUT2D eigenvalue weighted by Gasteiger charge is -2.24. The summed E-state index contributed by atoms with van der Waals surface area (Å²) in [6.07, 6.45) is 2.66. The summed E-state index contributed by atoms with van der Waals surface area (Å²) >= 11 is 0. The minimum Gasteiger partial charge on any atom is -0.342 e. The Balaban J connectivity index is 2.09. The highest BCUT2D eigenvalue weighted by atomic mass is 16.1. The summed E-state index contributed by atoms with van der Waals surface area (Å²) in [5, 5.41) is 4.85. The van der Waals surface area contributed by atoms with Gasteiger partial charge in [-0.05, 0) is 25.0 Å². The summed E-state index contributed by atoms with van der Waals surface area (Å²) in [5.74, 6) is 1.14. The molecule has 0 radical (unpaired) electrons. The number of nitrogens with one attached hydrogen (secondary N) is 1. The first kappa shape index (κ1) is 16.2. The quantitative estimate of drug-likeness (QED) is 0.756. The minimum atomic E-state index is -0.153. The van der Waals surface area contributed by atoms with Gasteiger partial charge in [0.2, 0.25) is 5.95 Å². The molecule has 0 spiro atoms. The van der Waals surface area contributed by atoms with E-state index in [1.165, 1.54) is 0 Å². The zero-order chi connectivity index (χ0) is 17.1. The number of hydrogen-bond acceptors (Lipinski definition) is 4. The van der Waals surface area contributed by atoms with E-state index >= 15 is 0 Å².